The van der Waals surface area contributed by atoms with E-state index in [2.05, 4.69) is 0 Å². The third kappa shape index (κ3) is 5.01. The van der Waals surface area contributed by atoms with Crippen LogP contribution in [0.2, 0.25) is 0 Å². The number of benzene rings is 1. The molecule has 2 N–H and O–H groups in total. The van der Waals surface area contributed by atoms with Crippen molar-refractivity contribution in [3.05, 3.63) is 35.9 Å². The minimum atomic E-state index is -5.10. The maximum Gasteiger partial charge on any atom is 1.00 e. The van der Waals surface area contributed by atoms with Crippen LogP contribution in [-0.2, 0) is 4.79 Å². The van der Waals surface area contributed by atoms with Gasteiger partial charge in [-0.3, -0.25) is 4.79 Å². The summed E-state index contributed by atoms with van der Waals surface area (Å²) in [7, 11) is 0. The van der Waals surface area contributed by atoms with E-state index in [-0.39, 0.29) is 56.9 Å². The van der Waals surface area contributed by atoms with Crippen LogP contribution >= 0.6 is 0 Å². The molecule has 7 heteroatoms. The van der Waals surface area contributed by atoms with Crippen molar-refractivity contribution in [1.29, 1.82) is 0 Å². The number of carbonyl (C=O) groups is 1. The Bertz CT molecular complexity index is 344. The number of nitrogens with two attached hydrogens (primary N) is 1. The van der Waals surface area contributed by atoms with Crippen molar-refractivity contribution in [3.63, 3.8) is 0 Å². The van der Waals surface area contributed by atoms with Crippen molar-refractivity contribution in [2.24, 2.45) is 5.73 Å². The van der Waals surface area contributed by atoms with Crippen LogP contribution in [0.1, 0.15) is 17.8 Å². The second kappa shape index (κ2) is 6.81. The van der Waals surface area contributed by atoms with E-state index in [9.17, 15) is 17.7 Å². The average Bonchev–Trinajstić information content (AvgIpc) is 2.14. The zero-order valence-corrected chi connectivity index (χ0v) is 12.0. The Morgan fingerprint density at radius 2 is 1.75 bits per heavy atom. The Labute approximate surface area is 134 Å². The molecule has 0 aromatic heterocycles. The molecule has 1 amide bonds. The Morgan fingerprint density at radius 1 is 1.25 bits per heavy atom. The van der Waals surface area contributed by atoms with Crippen LogP contribution in [0, 0.1) is 0 Å². The predicted molar refractivity (Wildman–Crippen MR) is 52.1 cm³/mol. The molecule has 0 spiro atoms. The van der Waals surface area contributed by atoms with Gasteiger partial charge in [0, 0.05) is 6.42 Å². The summed E-state index contributed by atoms with van der Waals surface area (Å²) in [5.41, 5.74) is 4.89. The minimum absolute atomic E-state index is 0. The molecular weight excluding hydrogens is 245 g/mol. The van der Waals surface area contributed by atoms with Crippen molar-refractivity contribution >= 4 is 12.9 Å². The Balaban J connectivity index is 0.00000225. The fourth-order valence-electron chi connectivity index (χ4n) is 1.39. The summed E-state index contributed by atoms with van der Waals surface area (Å²) in [5.74, 6) is -2.69. The fraction of sp³-hybridized carbons (Fsp3) is 0.222. The molecular formula is C9H10BF3KNO. The zero-order valence-electron chi connectivity index (χ0n) is 8.87. The molecule has 0 aliphatic rings. The summed E-state index contributed by atoms with van der Waals surface area (Å²) in [6.45, 7) is -5.10. The maximum absolute atomic E-state index is 12.6. The van der Waals surface area contributed by atoms with E-state index in [0.717, 1.165) is 0 Å². The van der Waals surface area contributed by atoms with Crippen molar-refractivity contribution in [1.82, 2.24) is 0 Å². The van der Waals surface area contributed by atoms with E-state index >= 15 is 0 Å². The summed E-state index contributed by atoms with van der Waals surface area (Å²) in [6, 6.07) is 7.33. The van der Waals surface area contributed by atoms with Gasteiger partial charge in [-0.15, -0.1) is 0 Å². The maximum atomic E-state index is 12.6. The molecule has 2 nitrogen and oxygen atoms in total. The van der Waals surface area contributed by atoms with Crippen LogP contribution < -0.4 is 57.1 Å². The first-order valence-electron chi connectivity index (χ1n) is 4.44. The summed E-state index contributed by atoms with van der Waals surface area (Å²) in [4.78, 5) is 10.6. The predicted octanol–water partition coefficient (Wildman–Crippen LogP) is -0.964. The van der Waals surface area contributed by atoms with Crippen molar-refractivity contribution < 1.29 is 69.1 Å². The smallest absolute Gasteiger partial charge is 0.448 e. The van der Waals surface area contributed by atoms with E-state index in [1.54, 1.807) is 6.07 Å². The molecule has 1 aromatic carbocycles. The molecule has 82 valence electrons. The Kier molecular flexibility index (Phi) is 6.88. The van der Waals surface area contributed by atoms with E-state index in [1.165, 1.54) is 24.3 Å². The van der Waals surface area contributed by atoms with E-state index in [4.69, 9.17) is 5.73 Å². The molecule has 16 heavy (non-hydrogen) atoms. The molecule has 1 rings (SSSR count). The molecule has 1 aromatic rings. The number of carbonyl (C=O) groups excluding carboxylic acids is 1. The van der Waals surface area contributed by atoms with Crippen molar-refractivity contribution in [3.8, 4) is 0 Å². The standard InChI is InChI=1S/C9H10BF3NO.K/c11-10(12,13)8(6-9(14)15)7-4-2-1-3-5-7;/h1-5,8H,6H2,(H2,14,15);/q-1;+1. The first-order valence-corrected chi connectivity index (χ1v) is 4.44. The van der Waals surface area contributed by atoms with Gasteiger partial charge in [0.1, 0.15) is 0 Å². The van der Waals surface area contributed by atoms with Gasteiger partial charge in [-0.1, -0.05) is 35.9 Å². The largest absolute Gasteiger partial charge is 1.00 e. The van der Waals surface area contributed by atoms with Crippen LogP contribution in [-0.4, -0.2) is 12.9 Å². The van der Waals surface area contributed by atoms with Crippen molar-refractivity contribution in [2.75, 3.05) is 0 Å². The first kappa shape index (κ1) is 16.2. The van der Waals surface area contributed by atoms with Crippen LogP contribution in [0.25, 0.3) is 0 Å². The number of rotatable bonds is 4. The summed E-state index contributed by atoms with van der Waals surface area (Å²) in [6.07, 6.45) is -0.687. The molecule has 0 saturated carbocycles. The van der Waals surface area contributed by atoms with Gasteiger partial charge in [0.25, 0.3) is 0 Å². The van der Waals surface area contributed by atoms with Gasteiger partial charge in [-0.25, -0.2) is 0 Å². The molecule has 0 aliphatic carbocycles. The van der Waals surface area contributed by atoms with Crippen LogP contribution in [0.5, 0.6) is 0 Å². The SMILES string of the molecule is NC(=O)CC(c1ccccc1)[B-](F)(F)F.[K+]. The van der Waals surface area contributed by atoms with Gasteiger partial charge in [0.05, 0.1) is 0 Å². The van der Waals surface area contributed by atoms with Gasteiger partial charge in [-0.05, 0) is 5.82 Å². The molecule has 0 heterocycles. The second-order valence-corrected chi connectivity index (χ2v) is 3.31. The van der Waals surface area contributed by atoms with Gasteiger partial charge in [-0.2, -0.15) is 0 Å². The third-order valence-corrected chi connectivity index (χ3v) is 2.11. The third-order valence-electron chi connectivity index (χ3n) is 2.11. The monoisotopic (exact) mass is 255 g/mol. The molecule has 0 fully saturated rings. The molecule has 0 saturated heterocycles. The molecule has 1 unspecified atom stereocenters. The normalized spacial score (nSPS) is 12.7. The molecule has 0 aliphatic heterocycles. The average molecular weight is 255 g/mol. The van der Waals surface area contributed by atoms with Crippen LogP contribution in [0.15, 0.2) is 30.3 Å². The van der Waals surface area contributed by atoms with Crippen LogP contribution in [0.4, 0.5) is 12.9 Å². The molecule has 0 radical (unpaired) electrons. The zero-order chi connectivity index (χ0) is 11.5. The minimum Gasteiger partial charge on any atom is -0.448 e. The molecule has 0 bridgehead atoms. The van der Waals surface area contributed by atoms with E-state index in [0.29, 0.717) is 0 Å². The van der Waals surface area contributed by atoms with Gasteiger partial charge in [0.2, 0.25) is 5.91 Å². The number of halogens is 3. The Morgan fingerprint density at radius 3 is 2.12 bits per heavy atom. The summed E-state index contributed by atoms with van der Waals surface area (Å²) >= 11 is 0. The fourth-order valence-corrected chi connectivity index (χ4v) is 1.39. The van der Waals surface area contributed by atoms with Gasteiger partial charge in [0.15, 0.2) is 0 Å². The molecule has 1 atom stereocenters. The topological polar surface area (TPSA) is 43.1 Å². The van der Waals surface area contributed by atoms with Crippen LogP contribution in [0.3, 0.4) is 0 Å². The van der Waals surface area contributed by atoms with E-state index < -0.39 is 25.1 Å². The van der Waals surface area contributed by atoms with Gasteiger partial charge >= 0.3 is 58.4 Å². The summed E-state index contributed by atoms with van der Waals surface area (Å²) < 4.78 is 37.9. The summed E-state index contributed by atoms with van der Waals surface area (Å²) in [5, 5.41) is 0. The number of hydrogen-bond donors (Lipinski definition) is 1. The first-order chi connectivity index (χ1) is 6.91. The number of primary amides is 1. The second-order valence-electron chi connectivity index (χ2n) is 3.31. The van der Waals surface area contributed by atoms with Crippen molar-refractivity contribution in [2.45, 2.75) is 12.2 Å². The van der Waals surface area contributed by atoms with Gasteiger partial charge < -0.3 is 18.7 Å². The van der Waals surface area contributed by atoms with E-state index in [1.807, 2.05) is 0 Å². The number of hydrogen-bond acceptors (Lipinski definition) is 1. The number of amides is 1. The Hall–Kier alpha value is 0.181. The quantitative estimate of drug-likeness (QED) is 0.692.